The van der Waals surface area contributed by atoms with Crippen molar-refractivity contribution in [3.63, 3.8) is 0 Å². The van der Waals surface area contributed by atoms with Gasteiger partial charge in [0.2, 0.25) is 0 Å². The molecule has 2 unspecified atom stereocenters. The van der Waals surface area contributed by atoms with Gasteiger partial charge in [-0.25, -0.2) is 4.98 Å². The highest BCUT2D eigenvalue weighted by molar-refractivity contribution is 5.15. The molecule has 0 saturated carbocycles. The largest absolute Gasteiger partial charge is 0.334 e. The van der Waals surface area contributed by atoms with Gasteiger partial charge in [-0.05, 0) is 30.7 Å². The molecule has 2 nitrogen and oxygen atoms in total. The zero-order valence-corrected chi connectivity index (χ0v) is 24.7. The molecule has 1 aromatic heterocycles. The fourth-order valence-electron chi connectivity index (χ4n) is 6.00. The molecule has 1 aromatic carbocycles. The average molecular weight is 509 g/mol. The first-order chi connectivity index (χ1) is 18.3. The minimum Gasteiger partial charge on any atom is -0.334 e. The zero-order valence-electron chi connectivity index (χ0n) is 24.7. The summed E-state index contributed by atoms with van der Waals surface area (Å²) in [6.45, 7) is 4.61. The summed E-state index contributed by atoms with van der Waals surface area (Å²) in [6.07, 6.45) is 36.9. The summed E-state index contributed by atoms with van der Waals surface area (Å²) in [7, 11) is 0. The molecule has 210 valence electrons. The van der Waals surface area contributed by atoms with E-state index < -0.39 is 0 Å². The van der Waals surface area contributed by atoms with Crippen LogP contribution in [0.5, 0.6) is 0 Å². The van der Waals surface area contributed by atoms with Crippen molar-refractivity contribution in [3.8, 4) is 0 Å². The predicted molar refractivity (Wildman–Crippen MR) is 163 cm³/mol. The number of unbranched alkanes of at least 4 members (excludes halogenated alkanes) is 17. The van der Waals surface area contributed by atoms with Crippen LogP contribution in [0.1, 0.15) is 160 Å². The maximum absolute atomic E-state index is 4.45. The van der Waals surface area contributed by atoms with Crippen LogP contribution in [0.2, 0.25) is 0 Å². The third-order valence-electron chi connectivity index (χ3n) is 8.32. The zero-order chi connectivity index (χ0) is 26.2. The molecule has 37 heavy (non-hydrogen) atoms. The highest BCUT2D eigenvalue weighted by Crippen LogP contribution is 2.32. The van der Waals surface area contributed by atoms with Crippen LogP contribution in [0.15, 0.2) is 49.1 Å². The molecule has 0 aliphatic heterocycles. The van der Waals surface area contributed by atoms with Gasteiger partial charge in [0.1, 0.15) is 0 Å². The van der Waals surface area contributed by atoms with Gasteiger partial charge in [-0.2, -0.15) is 0 Å². The first kappa shape index (κ1) is 31.6. The van der Waals surface area contributed by atoms with Crippen LogP contribution in [0.3, 0.4) is 0 Å². The van der Waals surface area contributed by atoms with Gasteiger partial charge >= 0.3 is 0 Å². The lowest BCUT2D eigenvalue weighted by Gasteiger charge is -2.29. The van der Waals surface area contributed by atoms with Crippen LogP contribution < -0.4 is 0 Å². The molecule has 0 radical (unpaired) electrons. The van der Waals surface area contributed by atoms with E-state index in [0.29, 0.717) is 12.0 Å². The number of nitrogens with zero attached hydrogens (tertiary/aromatic N) is 2. The molecule has 2 atom stereocenters. The van der Waals surface area contributed by atoms with Gasteiger partial charge in [0.05, 0.1) is 6.33 Å². The highest BCUT2D eigenvalue weighted by Gasteiger charge is 2.23. The summed E-state index contributed by atoms with van der Waals surface area (Å²) in [5.41, 5.74) is 1.50. The van der Waals surface area contributed by atoms with E-state index in [9.17, 15) is 0 Å². The molecular formula is C35H60N2. The Bertz CT molecular complexity index is 708. The second-order valence-corrected chi connectivity index (χ2v) is 11.6. The normalized spacial score (nSPS) is 13.1. The van der Waals surface area contributed by atoms with Crippen molar-refractivity contribution in [2.45, 2.75) is 161 Å². The summed E-state index contributed by atoms with van der Waals surface area (Å²) in [4.78, 5) is 4.45. The van der Waals surface area contributed by atoms with Gasteiger partial charge in [-0.15, -0.1) is 0 Å². The van der Waals surface area contributed by atoms with Crippen molar-refractivity contribution in [1.29, 1.82) is 0 Å². The molecule has 0 N–H and O–H groups in total. The van der Waals surface area contributed by atoms with Crippen molar-refractivity contribution in [2.75, 3.05) is 0 Å². The molecule has 0 aliphatic rings. The Balaban J connectivity index is 1.79. The smallest absolute Gasteiger partial charge is 0.0948 e. The number of hydrogen-bond donors (Lipinski definition) is 0. The second-order valence-electron chi connectivity index (χ2n) is 11.6. The Labute approximate surface area is 231 Å². The van der Waals surface area contributed by atoms with E-state index in [4.69, 9.17) is 0 Å². The molecule has 0 aliphatic carbocycles. The number of rotatable bonds is 25. The summed E-state index contributed by atoms with van der Waals surface area (Å²) < 4.78 is 2.44. The molecule has 0 saturated heterocycles. The van der Waals surface area contributed by atoms with E-state index in [0.717, 1.165) is 0 Å². The first-order valence-corrected chi connectivity index (χ1v) is 16.4. The van der Waals surface area contributed by atoms with Gasteiger partial charge in [-0.3, -0.25) is 0 Å². The summed E-state index contributed by atoms with van der Waals surface area (Å²) in [5.74, 6) is 0.694. The Morgan fingerprint density at radius 2 is 1.08 bits per heavy atom. The molecule has 1 heterocycles. The van der Waals surface area contributed by atoms with Crippen molar-refractivity contribution >= 4 is 0 Å². The van der Waals surface area contributed by atoms with E-state index in [1.54, 1.807) is 0 Å². The molecule has 2 rings (SSSR count). The van der Waals surface area contributed by atoms with E-state index in [1.807, 2.05) is 6.20 Å². The van der Waals surface area contributed by atoms with E-state index in [-0.39, 0.29) is 0 Å². The topological polar surface area (TPSA) is 17.8 Å². The van der Waals surface area contributed by atoms with Crippen LogP contribution in [0.4, 0.5) is 0 Å². The van der Waals surface area contributed by atoms with E-state index in [1.165, 1.54) is 147 Å². The fraction of sp³-hybridized carbons (Fsp3) is 0.743. The number of benzene rings is 1. The molecule has 0 bridgehead atoms. The van der Waals surface area contributed by atoms with Gasteiger partial charge in [0.25, 0.3) is 0 Å². The lowest BCUT2D eigenvalue weighted by molar-refractivity contribution is 0.275. The van der Waals surface area contributed by atoms with Crippen LogP contribution >= 0.6 is 0 Å². The van der Waals surface area contributed by atoms with Crippen LogP contribution in [-0.4, -0.2) is 9.55 Å². The fourth-order valence-corrected chi connectivity index (χ4v) is 6.00. The molecule has 0 fully saturated rings. The lowest BCUT2D eigenvalue weighted by Crippen LogP contribution is -2.21. The van der Waals surface area contributed by atoms with Gasteiger partial charge in [-0.1, -0.05) is 166 Å². The number of hydrogen-bond acceptors (Lipinski definition) is 1. The predicted octanol–water partition coefficient (Wildman–Crippen LogP) is 11.5. The van der Waals surface area contributed by atoms with Crippen LogP contribution in [0, 0.1) is 5.92 Å². The molecule has 0 amide bonds. The van der Waals surface area contributed by atoms with Gasteiger partial charge < -0.3 is 4.57 Å². The maximum Gasteiger partial charge on any atom is 0.0948 e. The van der Waals surface area contributed by atoms with Crippen molar-refractivity contribution < 1.29 is 0 Å². The van der Waals surface area contributed by atoms with Gasteiger partial charge in [0.15, 0.2) is 0 Å². The van der Waals surface area contributed by atoms with Crippen molar-refractivity contribution in [3.05, 3.63) is 54.6 Å². The minimum atomic E-state index is 0.575. The summed E-state index contributed by atoms with van der Waals surface area (Å²) in [6, 6.07) is 11.8. The third kappa shape index (κ3) is 15.4. The summed E-state index contributed by atoms with van der Waals surface area (Å²) in [5, 5.41) is 0. The van der Waals surface area contributed by atoms with Crippen molar-refractivity contribution in [2.24, 2.45) is 5.92 Å². The number of aromatic nitrogens is 2. The maximum atomic E-state index is 4.45. The molecule has 0 spiro atoms. The van der Waals surface area contributed by atoms with Gasteiger partial charge in [0, 0.05) is 18.4 Å². The summed E-state index contributed by atoms with van der Waals surface area (Å²) >= 11 is 0. The molecular weight excluding hydrogens is 448 g/mol. The molecule has 2 aromatic rings. The van der Waals surface area contributed by atoms with Crippen molar-refractivity contribution in [1.82, 2.24) is 9.55 Å². The minimum absolute atomic E-state index is 0.575. The second kappa shape index (κ2) is 22.4. The monoisotopic (exact) mass is 508 g/mol. The van der Waals surface area contributed by atoms with E-state index >= 15 is 0 Å². The Morgan fingerprint density at radius 1 is 0.595 bits per heavy atom. The first-order valence-electron chi connectivity index (χ1n) is 16.4. The Hall–Kier alpha value is -1.57. The Morgan fingerprint density at radius 3 is 1.57 bits per heavy atom. The molecule has 2 heteroatoms. The highest BCUT2D eigenvalue weighted by atomic mass is 15.1. The average Bonchev–Trinajstić information content (AvgIpc) is 3.46. The standard InChI is InChI=1S/C35H60N2/c1-3-5-7-9-11-13-14-15-17-19-24-28-35(37-30-29-36-32-37)34(31-33-25-21-20-22-26-33)27-23-18-16-12-10-8-6-4-2/h20-22,25-26,29-30,32,34-35H,3-19,23-24,27-28,31H2,1-2H3. The SMILES string of the molecule is CCCCCCCCCCCCCC(C(CCCCCCCCCC)Cc1ccccc1)n1ccnc1. The van der Waals surface area contributed by atoms with Crippen LogP contribution in [-0.2, 0) is 6.42 Å². The quantitative estimate of drug-likeness (QED) is 0.122. The Kier molecular flexibility index (Phi) is 19.2. The van der Waals surface area contributed by atoms with Crippen LogP contribution in [0.25, 0.3) is 0 Å². The third-order valence-corrected chi connectivity index (χ3v) is 8.32. The van der Waals surface area contributed by atoms with E-state index in [2.05, 4.69) is 66.3 Å². The lowest BCUT2D eigenvalue weighted by atomic mass is 9.84. The number of imidazole rings is 1.